The summed E-state index contributed by atoms with van der Waals surface area (Å²) in [4.78, 5) is 42.9. The van der Waals surface area contributed by atoms with Gasteiger partial charge < -0.3 is 19.9 Å². The van der Waals surface area contributed by atoms with Crippen LogP contribution in [0.2, 0.25) is 0 Å². The maximum absolute atomic E-state index is 12.7. The Morgan fingerprint density at radius 3 is 2.64 bits per heavy atom. The van der Waals surface area contributed by atoms with Crippen molar-refractivity contribution in [1.82, 2.24) is 29.5 Å². The van der Waals surface area contributed by atoms with Gasteiger partial charge in [0, 0.05) is 42.9 Å². The molecule has 1 amide bonds. The number of carbonyl (C=O) groups excluding carboxylic acids is 1. The molecule has 3 N–H and O–H groups in total. The third-order valence-electron chi connectivity index (χ3n) is 6.77. The van der Waals surface area contributed by atoms with Gasteiger partial charge in [-0.1, -0.05) is 6.92 Å². The number of nitrogens with zero attached hydrogens (tertiary/aromatic N) is 6. The summed E-state index contributed by atoms with van der Waals surface area (Å²) in [5, 5.41) is 15.1. The van der Waals surface area contributed by atoms with Crippen LogP contribution in [0.4, 0.5) is 5.82 Å². The number of H-pyrrole nitrogens is 2. The van der Waals surface area contributed by atoms with Crippen LogP contribution in [-0.4, -0.2) is 72.7 Å². The fraction of sp³-hybridized carbons (Fsp3) is 0.500. The van der Waals surface area contributed by atoms with E-state index in [2.05, 4.69) is 26.9 Å². The quantitative estimate of drug-likeness (QED) is 0.491. The first kappa shape index (κ1) is 20.0. The number of aromatic nitrogens is 5. The molecule has 3 aromatic rings. The molecule has 0 spiro atoms. The fourth-order valence-electron chi connectivity index (χ4n) is 4.27. The van der Waals surface area contributed by atoms with Crippen molar-refractivity contribution in [3.05, 3.63) is 39.1 Å². The van der Waals surface area contributed by atoms with Gasteiger partial charge in [-0.2, -0.15) is 9.61 Å². The molecule has 3 aromatic heterocycles. The highest BCUT2D eigenvalue weighted by atomic mass is 16.3. The summed E-state index contributed by atoms with van der Waals surface area (Å²) in [5.41, 5.74) is 0.956. The Kier molecular flexibility index (Phi) is 4.36. The van der Waals surface area contributed by atoms with Crippen LogP contribution in [0.3, 0.4) is 0 Å². The van der Waals surface area contributed by atoms with Gasteiger partial charge >= 0.3 is 5.69 Å². The lowest BCUT2D eigenvalue weighted by molar-refractivity contribution is -0.136. The van der Waals surface area contributed by atoms with E-state index in [9.17, 15) is 14.7 Å². The van der Waals surface area contributed by atoms with E-state index in [1.54, 1.807) is 16.8 Å². The molecule has 3 fully saturated rings. The molecule has 6 rings (SSSR count). The van der Waals surface area contributed by atoms with Gasteiger partial charge in [-0.25, -0.2) is 9.78 Å². The van der Waals surface area contributed by atoms with Crippen LogP contribution in [0.5, 0.6) is 5.88 Å². The molecule has 1 aliphatic heterocycles. The number of imidazole rings is 1. The Hall–Kier alpha value is -3.63. The summed E-state index contributed by atoms with van der Waals surface area (Å²) in [6, 6.07) is 2.26. The summed E-state index contributed by atoms with van der Waals surface area (Å²) >= 11 is 0. The molecule has 11 heteroatoms. The van der Waals surface area contributed by atoms with E-state index in [1.165, 1.54) is 0 Å². The van der Waals surface area contributed by atoms with Gasteiger partial charge in [-0.15, -0.1) is 0 Å². The lowest BCUT2D eigenvalue weighted by atomic mass is 10.1. The first-order chi connectivity index (χ1) is 15.9. The number of hydrogen-bond acceptors (Lipinski definition) is 7. The van der Waals surface area contributed by atoms with Crippen LogP contribution in [0.15, 0.2) is 22.1 Å². The van der Waals surface area contributed by atoms with Gasteiger partial charge in [-0.05, 0) is 31.8 Å². The Bertz CT molecular complexity index is 1420. The average Bonchev–Trinajstić information content (AvgIpc) is 3.71. The molecule has 0 unspecified atom stereocenters. The second-order valence-corrected chi connectivity index (χ2v) is 9.49. The summed E-state index contributed by atoms with van der Waals surface area (Å²) in [6.45, 7) is 4.80. The first-order valence-corrected chi connectivity index (χ1v) is 11.4. The molecular weight excluding hydrogens is 424 g/mol. The van der Waals surface area contributed by atoms with Crippen LogP contribution < -0.4 is 21.3 Å². The lowest BCUT2D eigenvalue weighted by Gasteiger charge is -2.36. The number of hydrogen-bond donors (Lipinski definition) is 3. The third kappa shape index (κ3) is 3.66. The number of nitrogens with one attached hydrogen (secondary N) is 2. The molecule has 3 aliphatic rings. The highest BCUT2D eigenvalue weighted by Gasteiger charge is 2.47. The standard InChI is InChI=1S/C22H26N8O3/c1-22(4-5-22)20(32)29-8-6-28(7-9-29)16-11-17(24-14-2-3-14)30-18(26-16)13(12-23-30)10-15-19(31)27-21(33)25-15/h10-12,14,31H,2-9H2,1H3,(H2,25,27,33). The molecule has 172 valence electrons. The number of aromatic hydroxyl groups is 1. The van der Waals surface area contributed by atoms with Crippen molar-refractivity contribution in [2.45, 2.75) is 38.6 Å². The van der Waals surface area contributed by atoms with E-state index in [4.69, 9.17) is 9.98 Å². The monoisotopic (exact) mass is 450 g/mol. The maximum atomic E-state index is 12.7. The predicted octanol–water partition coefficient (Wildman–Crippen LogP) is -0.489. The normalized spacial score (nSPS) is 21.2. The third-order valence-corrected chi connectivity index (χ3v) is 6.77. The Morgan fingerprint density at radius 1 is 1.24 bits per heavy atom. The minimum absolute atomic E-state index is 0.150. The molecule has 33 heavy (non-hydrogen) atoms. The highest BCUT2D eigenvalue weighted by Crippen LogP contribution is 2.46. The summed E-state index contributed by atoms with van der Waals surface area (Å²) < 4.78 is 1.70. The van der Waals surface area contributed by atoms with Gasteiger partial charge in [0.05, 0.1) is 12.2 Å². The molecule has 11 nitrogen and oxygen atoms in total. The number of aromatic amines is 2. The average molecular weight is 451 g/mol. The summed E-state index contributed by atoms with van der Waals surface area (Å²) in [6.07, 6.45) is 7.39. The largest absolute Gasteiger partial charge is 0.493 e. The molecule has 0 aromatic carbocycles. The van der Waals surface area contributed by atoms with Gasteiger partial charge in [0.25, 0.3) is 0 Å². The minimum Gasteiger partial charge on any atom is -0.493 e. The molecular formula is C22H26N8O3. The van der Waals surface area contributed by atoms with Gasteiger partial charge in [0.1, 0.15) is 11.5 Å². The number of piperazine rings is 1. The van der Waals surface area contributed by atoms with E-state index < -0.39 is 5.69 Å². The van der Waals surface area contributed by atoms with E-state index in [0.29, 0.717) is 43.1 Å². The van der Waals surface area contributed by atoms with E-state index in [0.717, 1.165) is 37.0 Å². The predicted molar refractivity (Wildman–Crippen MR) is 120 cm³/mol. The Balaban J connectivity index is 1.37. The number of rotatable bonds is 4. The molecule has 0 atom stereocenters. The second-order valence-electron chi connectivity index (χ2n) is 9.49. The maximum Gasteiger partial charge on any atom is 0.326 e. The van der Waals surface area contributed by atoms with Crippen molar-refractivity contribution in [2.75, 3.05) is 31.1 Å². The SMILES string of the molecule is CC1(C(=O)N2CCN(c3cc(=NC4CC4)n4ncc(=Cc5[nH]c(=O)[nH]c5O)c4n3)CC2)CC1. The number of amides is 1. The van der Waals surface area contributed by atoms with Crippen molar-refractivity contribution >= 4 is 23.4 Å². The minimum atomic E-state index is -0.485. The molecule has 2 saturated carbocycles. The van der Waals surface area contributed by atoms with Crippen LogP contribution in [-0.2, 0) is 4.79 Å². The van der Waals surface area contributed by atoms with Crippen LogP contribution in [0, 0.1) is 5.41 Å². The summed E-state index contributed by atoms with van der Waals surface area (Å²) in [7, 11) is 0. The lowest BCUT2D eigenvalue weighted by Crippen LogP contribution is -2.51. The van der Waals surface area contributed by atoms with Crippen LogP contribution >= 0.6 is 0 Å². The summed E-state index contributed by atoms with van der Waals surface area (Å²) in [5.74, 6) is 0.820. The van der Waals surface area contributed by atoms with E-state index in [-0.39, 0.29) is 22.9 Å². The van der Waals surface area contributed by atoms with Gasteiger partial charge in [0.15, 0.2) is 11.1 Å². The number of carbonyl (C=O) groups is 1. The zero-order valence-corrected chi connectivity index (χ0v) is 18.4. The van der Waals surface area contributed by atoms with Crippen molar-refractivity contribution < 1.29 is 9.90 Å². The van der Waals surface area contributed by atoms with Crippen LogP contribution in [0.1, 0.15) is 38.3 Å². The Labute approximate surface area is 188 Å². The van der Waals surface area contributed by atoms with Crippen LogP contribution in [0.25, 0.3) is 11.7 Å². The van der Waals surface area contributed by atoms with Crippen molar-refractivity contribution in [2.24, 2.45) is 10.4 Å². The molecule has 4 heterocycles. The number of anilines is 1. The Morgan fingerprint density at radius 2 is 2.00 bits per heavy atom. The molecule has 0 radical (unpaired) electrons. The van der Waals surface area contributed by atoms with Gasteiger partial charge in [0.2, 0.25) is 11.8 Å². The topological polar surface area (TPSA) is 135 Å². The molecule has 1 saturated heterocycles. The fourth-order valence-corrected chi connectivity index (χ4v) is 4.27. The molecule has 0 bridgehead atoms. The highest BCUT2D eigenvalue weighted by molar-refractivity contribution is 5.85. The second kappa shape index (κ2) is 7.19. The van der Waals surface area contributed by atoms with Crippen molar-refractivity contribution in [3.63, 3.8) is 0 Å². The number of fused-ring (bicyclic) bond motifs is 1. The van der Waals surface area contributed by atoms with Crippen molar-refractivity contribution in [1.29, 1.82) is 0 Å². The zero-order chi connectivity index (χ0) is 22.7. The smallest absolute Gasteiger partial charge is 0.326 e. The molecule has 2 aliphatic carbocycles. The van der Waals surface area contributed by atoms with E-state index in [1.807, 2.05) is 11.0 Å². The van der Waals surface area contributed by atoms with E-state index >= 15 is 0 Å². The first-order valence-electron chi connectivity index (χ1n) is 11.4. The zero-order valence-electron chi connectivity index (χ0n) is 18.4. The van der Waals surface area contributed by atoms with Gasteiger partial charge in [-0.3, -0.25) is 14.8 Å². The van der Waals surface area contributed by atoms with Crippen molar-refractivity contribution in [3.8, 4) is 5.88 Å².